The Kier molecular flexibility index (Phi) is 4.12. The molecule has 18 heavy (non-hydrogen) atoms. The fourth-order valence-electron chi connectivity index (χ4n) is 1.96. The first kappa shape index (κ1) is 13.6. The SMILES string of the molecule is O=[N+]([O-])c1ccc(OCC2(CBr)CCC2)cc1Cl. The quantitative estimate of drug-likeness (QED) is 0.461. The van der Waals surface area contributed by atoms with Crippen LogP contribution in [0.5, 0.6) is 5.75 Å². The fourth-order valence-corrected chi connectivity index (χ4v) is 2.92. The first-order valence-electron chi connectivity index (χ1n) is 5.69. The number of nitro groups is 1. The van der Waals surface area contributed by atoms with E-state index in [2.05, 4.69) is 15.9 Å². The molecule has 0 aliphatic heterocycles. The van der Waals surface area contributed by atoms with Crippen LogP contribution >= 0.6 is 27.5 Å². The summed E-state index contributed by atoms with van der Waals surface area (Å²) in [5, 5.41) is 11.7. The van der Waals surface area contributed by atoms with Gasteiger partial charge in [-0.15, -0.1) is 0 Å². The van der Waals surface area contributed by atoms with Crippen LogP contribution in [0.4, 0.5) is 5.69 Å². The number of hydrogen-bond acceptors (Lipinski definition) is 3. The molecule has 1 aliphatic rings. The van der Waals surface area contributed by atoms with Gasteiger partial charge in [0.2, 0.25) is 0 Å². The van der Waals surface area contributed by atoms with Crippen LogP contribution in [0.25, 0.3) is 0 Å². The van der Waals surface area contributed by atoms with Crippen molar-refractivity contribution in [1.82, 2.24) is 0 Å². The van der Waals surface area contributed by atoms with Gasteiger partial charge in [0.15, 0.2) is 0 Å². The molecule has 0 saturated heterocycles. The topological polar surface area (TPSA) is 52.4 Å². The summed E-state index contributed by atoms with van der Waals surface area (Å²) in [7, 11) is 0. The van der Waals surface area contributed by atoms with Crippen LogP contribution in [-0.4, -0.2) is 16.9 Å². The highest BCUT2D eigenvalue weighted by atomic mass is 79.9. The van der Waals surface area contributed by atoms with E-state index in [1.807, 2.05) is 0 Å². The van der Waals surface area contributed by atoms with Gasteiger partial charge >= 0.3 is 0 Å². The van der Waals surface area contributed by atoms with Crippen molar-refractivity contribution in [1.29, 1.82) is 0 Å². The van der Waals surface area contributed by atoms with Crippen molar-refractivity contribution in [3.63, 3.8) is 0 Å². The van der Waals surface area contributed by atoms with Gasteiger partial charge in [-0.05, 0) is 18.9 Å². The second-order valence-electron chi connectivity index (χ2n) is 4.65. The van der Waals surface area contributed by atoms with Gasteiger partial charge in [0.05, 0.1) is 11.5 Å². The van der Waals surface area contributed by atoms with Gasteiger partial charge in [0, 0.05) is 22.9 Å². The first-order chi connectivity index (χ1) is 8.56. The second kappa shape index (κ2) is 5.45. The van der Waals surface area contributed by atoms with Gasteiger partial charge in [-0.3, -0.25) is 10.1 Å². The monoisotopic (exact) mass is 333 g/mol. The van der Waals surface area contributed by atoms with Crippen molar-refractivity contribution >= 4 is 33.2 Å². The van der Waals surface area contributed by atoms with Crippen LogP contribution < -0.4 is 4.74 Å². The lowest BCUT2D eigenvalue weighted by molar-refractivity contribution is -0.384. The van der Waals surface area contributed by atoms with E-state index in [9.17, 15) is 10.1 Å². The van der Waals surface area contributed by atoms with Crippen LogP contribution in [0, 0.1) is 15.5 Å². The highest BCUT2D eigenvalue weighted by molar-refractivity contribution is 9.09. The van der Waals surface area contributed by atoms with E-state index in [1.165, 1.54) is 18.6 Å². The summed E-state index contributed by atoms with van der Waals surface area (Å²) in [6.45, 7) is 0.617. The van der Waals surface area contributed by atoms with Crippen molar-refractivity contribution in [3.05, 3.63) is 33.3 Å². The second-order valence-corrected chi connectivity index (χ2v) is 5.61. The average Bonchev–Trinajstić information content (AvgIpc) is 2.27. The van der Waals surface area contributed by atoms with Gasteiger partial charge in [-0.25, -0.2) is 0 Å². The summed E-state index contributed by atoms with van der Waals surface area (Å²) in [5.41, 5.74) is 0.122. The van der Waals surface area contributed by atoms with E-state index in [1.54, 1.807) is 6.07 Å². The molecule has 0 bridgehead atoms. The molecular formula is C12H13BrClNO3. The minimum absolute atomic E-state index is 0.0946. The molecule has 1 saturated carbocycles. The molecule has 0 radical (unpaired) electrons. The molecule has 1 aliphatic carbocycles. The maximum absolute atomic E-state index is 10.6. The first-order valence-corrected chi connectivity index (χ1v) is 7.19. The van der Waals surface area contributed by atoms with Gasteiger partial charge in [-0.2, -0.15) is 0 Å². The largest absolute Gasteiger partial charge is 0.493 e. The third-order valence-electron chi connectivity index (χ3n) is 3.36. The van der Waals surface area contributed by atoms with Crippen molar-refractivity contribution < 1.29 is 9.66 Å². The molecule has 0 aromatic heterocycles. The van der Waals surface area contributed by atoms with E-state index in [0.717, 1.165) is 18.2 Å². The summed E-state index contributed by atoms with van der Waals surface area (Å²) >= 11 is 9.33. The standard InChI is InChI=1S/C12H13BrClNO3/c13-7-12(4-1-5-12)8-18-9-2-3-11(15(16)17)10(14)6-9/h2-3,6H,1,4-5,7-8H2. The Morgan fingerprint density at radius 2 is 2.22 bits per heavy atom. The summed E-state index contributed by atoms with van der Waals surface area (Å²) in [4.78, 5) is 10.1. The third-order valence-corrected chi connectivity index (χ3v) is 4.85. The smallest absolute Gasteiger partial charge is 0.288 e. The van der Waals surface area contributed by atoms with Crippen molar-refractivity contribution in [2.45, 2.75) is 19.3 Å². The number of alkyl halides is 1. The van der Waals surface area contributed by atoms with Gasteiger partial charge < -0.3 is 4.74 Å². The molecule has 2 rings (SSSR count). The molecule has 0 spiro atoms. The molecule has 0 heterocycles. The molecule has 1 aromatic carbocycles. The predicted molar refractivity (Wildman–Crippen MR) is 73.7 cm³/mol. The van der Waals surface area contributed by atoms with Crippen molar-refractivity contribution in [3.8, 4) is 5.75 Å². The summed E-state index contributed by atoms with van der Waals surface area (Å²) in [6, 6.07) is 4.46. The Morgan fingerprint density at radius 3 is 2.67 bits per heavy atom. The number of rotatable bonds is 5. The molecule has 1 fully saturated rings. The number of nitro benzene ring substituents is 1. The Balaban J connectivity index is 2.02. The maximum Gasteiger partial charge on any atom is 0.288 e. The lowest BCUT2D eigenvalue weighted by Gasteiger charge is -2.39. The predicted octanol–water partition coefficient (Wildman–Crippen LogP) is 4.19. The minimum Gasteiger partial charge on any atom is -0.493 e. The molecule has 1 aromatic rings. The highest BCUT2D eigenvalue weighted by Gasteiger charge is 2.36. The molecule has 0 unspecified atom stereocenters. The lowest BCUT2D eigenvalue weighted by Crippen LogP contribution is -2.37. The third kappa shape index (κ3) is 2.78. The summed E-state index contributed by atoms with van der Waals surface area (Å²) in [5.74, 6) is 0.581. The molecule has 6 heteroatoms. The maximum atomic E-state index is 10.6. The Bertz CT molecular complexity index is 457. The summed E-state index contributed by atoms with van der Waals surface area (Å²) < 4.78 is 5.68. The number of benzene rings is 1. The van der Waals surface area contributed by atoms with E-state index in [0.29, 0.717) is 12.4 Å². The van der Waals surface area contributed by atoms with Crippen LogP contribution in [0.2, 0.25) is 5.02 Å². The van der Waals surface area contributed by atoms with E-state index >= 15 is 0 Å². The molecule has 0 atom stereocenters. The zero-order chi connectivity index (χ0) is 13.2. The van der Waals surface area contributed by atoms with Crippen molar-refractivity contribution in [2.75, 3.05) is 11.9 Å². The zero-order valence-corrected chi connectivity index (χ0v) is 12.0. The number of nitrogens with zero attached hydrogens (tertiary/aromatic N) is 1. The fraction of sp³-hybridized carbons (Fsp3) is 0.500. The number of halogens is 2. The van der Waals surface area contributed by atoms with E-state index in [-0.39, 0.29) is 16.1 Å². The molecular weight excluding hydrogens is 321 g/mol. The molecule has 4 nitrogen and oxygen atoms in total. The highest BCUT2D eigenvalue weighted by Crippen LogP contribution is 2.42. The normalized spacial score (nSPS) is 17.0. The number of ether oxygens (including phenoxy) is 1. The van der Waals surface area contributed by atoms with Gasteiger partial charge in [-0.1, -0.05) is 34.0 Å². The Labute approximate surface area is 119 Å². The van der Waals surface area contributed by atoms with E-state index < -0.39 is 4.92 Å². The Morgan fingerprint density at radius 1 is 1.50 bits per heavy atom. The van der Waals surface area contributed by atoms with Crippen LogP contribution in [0.3, 0.4) is 0 Å². The van der Waals surface area contributed by atoms with Gasteiger partial charge in [0.1, 0.15) is 10.8 Å². The molecule has 0 N–H and O–H groups in total. The Hall–Kier alpha value is -0.810. The summed E-state index contributed by atoms with van der Waals surface area (Å²) in [6.07, 6.45) is 3.54. The zero-order valence-electron chi connectivity index (χ0n) is 9.70. The van der Waals surface area contributed by atoms with Gasteiger partial charge in [0.25, 0.3) is 5.69 Å². The van der Waals surface area contributed by atoms with Crippen molar-refractivity contribution in [2.24, 2.45) is 5.41 Å². The molecule has 0 amide bonds. The minimum atomic E-state index is -0.502. The van der Waals surface area contributed by atoms with E-state index in [4.69, 9.17) is 16.3 Å². The van der Waals surface area contributed by atoms with Crippen LogP contribution in [-0.2, 0) is 0 Å². The lowest BCUT2D eigenvalue weighted by atomic mass is 9.71. The van der Waals surface area contributed by atoms with Crippen LogP contribution in [0.1, 0.15) is 19.3 Å². The molecule has 98 valence electrons. The number of hydrogen-bond donors (Lipinski definition) is 0. The average molecular weight is 335 g/mol. The van der Waals surface area contributed by atoms with Crippen LogP contribution in [0.15, 0.2) is 18.2 Å².